The molecule has 0 N–H and O–H groups in total. The van der Waals surface area contributed by atoms with Crippen LogP contribution in [-0.4, -0.2) is 55.7 Å². The number of hydrogen-bond donors (Lipinski definition) is 0. The van der Waals surface area contributed by atoms with Gasteiger partial charge < -0.3 is 9.47 Å². The van der Waals surface area contributed by atoms with Crippen molar-refractivity contribution < 1.29 is 9.47 Å². The van der Waals surface area contributed by atoms with Gasteiger partial charge in [0.05, 0.1) is 13.7 Å². The first kappa shape index (κ1) is 18.1. The minimum Gasteiger partial charge on any atom is -0.493 e. The number of hydrogen-bond acceptors (Lipinski definition) is 4. The molecule has 1 aromatic carbocycles. The van der Waals surface area contributed by atoms with E-state index >= 15 is 0 Å². The maximum absolute atomic E-state index is 6.28. The lowest BCUT2D eigenvalue weighted by Crippen LogP contribution is -2.49. The number of piperidine rings is 2. The van der Waals surface area contributed by atoms with E-state index in [0.29, 0.717) is 5.92 Å². The maximum Gasteiger partial charge on any atom is 0.161 e. The average Bonchev–Trinajstić information content (AvgIpc) is 3.20. The molecule has 4 heteroatoms. The second-order valence-corrected chi connectivity index (χ2v) is 8.28. The van der Waals surface area contributed by atoms with Crippen LogP contribution in [-0.2, 0) is 6.54 Å². The molecule has 3 aliphatic rings. The molecule has 0 radical (unpaired) electrons. The zero-order valence-electron chi connectivity index (χ0n) is 16.3. The smallest absolute Gasteiger partial charge is 0.161 e. The molecular weight excluding hydrogens is 324 g/mol. The molecule has 0 aromatic heterocycles. The van der Waals surface area contributed by atoms with Crippen LogP contribution >= 0.6 is 0 Å². The molecule has 3 fully saturated rings. The second kappa shape index (κ2) is 8.62. The zero-order chi connectivity index (χ0) is 17.8. The molecule has 4 nitrogen and oxygen atoms in total. The fraction of sp³-hybridized carbons (Fsp3) is 0.727. The van der Waals surface area contributed by atoms with E-state index in [-0.39, 0.29) is 0 Å². The predicted molar refractivity (Wildman–Crippen MR) is 105 cm³/mol. The Morgan fingerprint density at radius 3 is 2.58 bits per heavy atom. The zero-order valence-corrected chi connectivity index (χ0v) is 16.3. The Morgan fingerprint density at radius 1 is 0.923 bits per heavy atom. The third kappa shape index (κ3) is 4.17. The van der Waals surface area contributed by atoms with Gasteiger partial charge >= 0.3 is 0 Å². The minimum atomic E-state index is 0.665. The van der Waals surface area contributed by atoms with Crippen LogP contribution in [0.5, 0.6) is 11.5 Å². The van der Waals surface area contributed by atoms with Crippen LogP contribution < -0.4 is 9.47 Å². The summed E-state index contributed by atoms with van der Waals surface area (Å²) in [5.74, 6) is 2.46. The van der Waals surface area contributed by atoms with Gasteiger partial charge in [-0.15, -0.1) is 0 Å². The van der Waals surface area contributed by atoms with Crippen molar-refractivity contribution in [1.29, 1.82) is 0 Å². The Balaban J connectivity index is 1.37. The lowest BCUT2D eigenvalue weighted by atomic mass is 9.84. The Morgan fingerprint density at radius 2 is 1.73 bits per heavy atom. The van der Waals surface area contributed by atoms with Crippen LogP contribution in [0.4, 0.5) is 0 Å². The normalized spacial score (nSPS) is 27.3. The van der Waals surface area contributed by atoms with E-state index in [1.54, 1.807) is 7.11 Å². The van der Waals surface area contributed by atoms with E-state index < -0.39 is 0 Å². The molecule has 0 unspecified atom stereocenters. The maximum atomic E-state index is 6.28. The van der Waals surface area contributed by atoms with E-state index in [0.717, 1.165) is 30.7 Å². The Kier molecular flexibility index (Phi) is 6.01. The third-order valence-corrected chi connectivity index (χ3v) is 6.51. The molecule has 0 amide bonds. The topological polar surface area (TPSA) is 24.9 Å². The molecule has 0 saturated carbocycles. The van der Waals surface area contributed by atoms with Crippen LogP contribution in [0.2, 0.25) is 0 Å². The lowest BCUT2D eigenvalue weighted by Gasteiger charge is -2.44. The van der Waals surface area contributed by atoms with Gasteiger partial charge in [0.2, 0.25) is 0 Å². The largest absolute Gasteiger partial charge is 0.493 e. The molecule has 0 aliphatic carbocycles. The highest BCUT2D eigenvalue weighted by Gasteiger charge is 2.33. The number of rotatable bonds is 6. The van der Waals surface area contributed by atoms with Gasteiger partial charge in [0.25, 0.3) is 0 Å². The second-order valence-electron chi connectivity index (χ2n) is 8.28. The van der Waals surface area contributed by atoms with E-state index in [1.807, 2.05) is 0 Å². The summed E-state index contributed by atoms with van der Waals surface area (Å²) in [5.41, 5.74) is 1.33. The van der Waals surface area contributed by atoms with Crippen LogP contribution in [0, 0.1) is 5.92 Å². The monoisotopic (exact) mass is 358 g/mol. The molecular formula is C22H34N2O2. The van der Waals surface area contributed by atoms with E-state index in [9.17, 15) is 0 Å². The van der Waals surface area contributed by atoms with E-state index in [2.05, 4.69) is 28.0 Å². The van der Waals surface area contributed by atoms with Crippen molar-refractivity contribution in [2.45, 2.75) is 57.5 Å². The molecule has 1 aromatic rings. The van der Waals surface area contributed by atoms with Gasteiger partial charge in [-0.25, -0.2) is 0 Å². The fourth-order valence-corrected chi connectivity index (χ4v) is 5.10. The predicted octanol–water partition coefficient (Wildman–Crippen LogP) is 3.93. The van der Waals surface area contributed by atoms with Crippen molar-refractivity contribution in [2.75, 3.05) is 39.9 Å². The average molecular weight is 359 g/mol. The van der Waals surface area contributed by atoms with Gasteiger partial charge in [0.1, 0.15) is 0 Å². The SMILES string of the molecule is COc1cc(CN2CCCC2)ccc1OC[C@@H]1CCCN2CCCC[C@H]12. The quantitative estimate of drug-likeness (QED) is 0.769. The minimum absolute atomic E-state index is 0.665. The highest BCUT2D eigenvalue weighted by molar-refractivity contribution is 5.43. The van der Waals surface area contributed by atoms with Crippen molar-refractivity contribution in [3.05, 3.63) is 23.8 Å². The van der Waals surface area contributed by atoms with Crippen LogP contribution in [0.1, 0.15) is 50.5 Å². The first-order valence-corrected chi connectivity index (χ1v) is 10.6. The van der Waals surface area contributed by atoms with Crippen molar-refractivity contribution in [1.82, 2.24) is 9.80 Å². The standard InChI is InChI=1S/C22H34N2O2/c1-25-22-15-18(16-23-11-4-5-12-23)9-10-21(22)26-17-19-7-6-14-24-13-3-2-8-20(19)24/h9-10,15,19-20H,2-8,11-14,16-17H2,1H3/t19-,20+/m0/s1. The van der Waals surface area contributed by atoms with E-state index in [4.69, 9.17) is 9.47 Å². The van der Waals surface area contributed by atoms with Gasteiger partial charge in [-0.05, 0) is 82.4 Å². The van der Waals surface area contributed by atoms with Crippen molar-refractivity contribution in [3.63, 3.8) is 0 Å². The summed E-state index contributed by atoms with van der Waals surface area (Å²) in [6, 6.07) is 7.23. The summed E-state index contributed by atoms with van der Waals surface area (Å²) in [5, 5.41) is 0. The van der Waals surface area contributed by atoms with Gasteiger partial charge in [-0.2, -0.15) is 0 Å². The highest BCUT2D eigenvalue weighted by atomic mass is 16.5. The molecule has 0 bridgehead atoms. The molecule has 144 valence electrons. The fourth-order valence-electron chi connectivity index (χ4n) is 5.10. The van der Waals surface area contributed by atoms with Crippen molar-refractivity contribution in [2.24, 2.45) is 5.92 Å². The third-order valence-electron chi connectivity index (χ3n) is 6.51. The van der Waals surface area contributed by atoms with Gasteiger partial charge in [-0.3, -0.25) is 9.80 Å². The van der Waals surface area contributed by atoms with Crippen LogP contribution in [0.3, 0.4) is 0 Å². The van der Waals surface area contributed by atoms with Gasteiger partial charge in [0, 0.05) is 18.5 Å². The number of methoxy groups -OCH3 is 1. The Labute approximate surface area is 158 Å². The number of nitrogens with zero attached hydrogens (tertiary/aromatic N) is 2. The molecule has 0 spiro atoms. The Hall–Kier alpha value is -1.26. The molecule has 4 rings (SSSR count). The van der Waals surface area contributed by atoms with Crippen LogP contribution in [0.25, 0.3) is 0 Å². The number of likely N-dealkylation sites (tertiary alicyclic amines) is 1. The lowest BCUT2D eigenvalue weighted by molar-refractivity contribution is 0.0361. The molecule has 2 atom stereocenters. The summed E-state index contributed by atoms with van der Waals surface area (Å²) in [6.07, 6.45) is 9.38. The van der Waals surface area contributed by atoms with Crippen molar-refractivity contribution >= 4 is 0 Å². The first-order chi connectivity index (χ1) is 12.8. The number of fused-ring (bicyclic) bond motifs is 1. The van der Waals surface area contributed by atoms with Crippen molar-refractivity contribution in [3.8, 4) is 11.5 Å². The summed E-state index contributed by atoms with van der Waals surface area (Å²) in [7, 11) is 1.76. The Bertz CT molecular complexity index is 584. The molecule has 3 aliphatic heterocycles. The highest BCUT2D eigenvalue weighted by Crippen LogP contribution is 2.34. The van der Waals surface area contributed by atoms with Crippen LogP contribution in [0.15, 0.2) is 18.2 Å². The molecule has 3 heterocycles. The summed E-state index contributed by atoms with van der Waals surface area (Å²) in [6.45, 7) is 6.87. The number of benzene rings is 1. The van der Waals surface area contributed by atoms with Gasteiger partial charge in [-0.1, -0.05) is 12.5 Å². The molecule has 3 saturated heterocycles. The van der Waals surface area contributed by atoms with Gasteiger partial charge in [0.15, 0.2) is 11.5 Å². The summed E-state index contributed by atoms with van der Waals surface area (Å²) < 4.78 is 11.9. The number of ether oxygens (including phenoxy) is 2. The summed E-state index contributed by atoms with van der Waals surface area (Å²) >= 11 is 0. The summed E-state index contributed by atoms with van der Waals surface area (Å²) in [4.78, 5) is 5.23. The molecule has 26 heavy (non-hydrogen) atoms. The first-order valence-electron chi connectivity index (χ1n) is 10.6. The van der Waals surface area contributed by atoms with E-state index in [1.165, 1.54) is 76.7 Å².